The van der Waals surface area contributed by atoms with Gasteiger partial charge in [0, 0.05) is 13.0 Å². The van der Waals surface area contributed by atoms with Gasteiger partial charge in [0.15, 0.2) is 0 Å². The highest BCUT2D eigenvalue weighted by Crippen LogP contribution is 2.31. The van der Waals surface area contributed by atoms with E-state index in [1.807, 2.05) is 13.8 Å². The maximum Gasteiger partial charge on any atom is 0.306 e. The van der Waals surface area contributed by atoms with Crippen LogP contribution in [0.25, 0.3) is 0 Å². The molecule has 1 amide bonds. The Balaban J connectivity index is 2.31. The zero-order valence-corrected chi connectivity index (χ0v) is 10.0. The maximum absolute atomic E-state index is 11.4. The minimum atomic E-state index is -0.722. The van der Waals surface area contributed by atoms with E-state index in [2.05, 4.69) is 5.32 Å². The van der Waals surface area contributed by atoms with Crippen LogP contribution in [0.2, 0.25) is 0 Å². The van der Waals surface area contributed by atoms with E-state index in [1.54, 1.807) is 0 Å². The molecule has 0 saturated heterocycles. The van der Waals surface area contributed by atoms with Crippen molar-refractivity contribution >= 4 is 11.9 Å². The fourth-order valence-corrected chi connectivity index (χ4v) is 2.29. The van der Waals surface area contributed by atoms with Crippen LogP contribution < -0.4 is 5.32 Å². The van der Waals surface area contributed by atoms with Crippen LogP contribution >= 0.6 is 0 Å². The molecule has 4 heteroatoms. The largest absolute Gasteiger partial charge is 0.481 e. The third-order valence-corrected chi connectivity index (χ3v) is 3.13. The minimum absolute atomic E-state index is 0.0334. The van der Waals surface area contributed by atoms with Crippen molar-refractivity contribution in [1.29, 1.82) is 0 Å². The van der Waals surface area contributed by atoms with Crippen molar-refractivity contribution in [2.45, 2.75) is 39.5 Å². The zero-order valence-electron chi connectivity index (χ0n) is 10.0. The van der Waals surface area contributed by atoms with Crippen molar-refractivity contribution in [3.8, 4) is 0 Å². The van der Waals surface area contributed by atoms with E-state index in [0.29, 0.717) is 18.9 Å². The number of hydrogen-bond donors (Lipinski definition) is 2. The molecule has 0 spiro atoms. The number of carboxylic acid groups (broad SMARTS) is 1. The molecule has 0 aromatic heterocycles. The molecule has 1 saturated carbocycles. The van der Waals surface area contributed by atoms with Gasteiger partial charge in [-0.05, 0) is 24.7 Å². The van der Waals surface area contributed by atoms with E-state index in [1.165, 1.54) is 0 Å². The molecular weight excluding hydrogens is 206 g/mol. The summed E-state index contributed by atoms with van der Waals surface area (Å²) in [6.45, 7) is 4.51. The molecule has 16 heavy (non-hydrogen) atoms. The quantitative estimate of drug-likeness (QED) is 0.750. The molecule has 4 nitrogen and oxygen atoms in total. The van der Waals surface area contributed by atoms with Crippen LogP contribution in [0.1, 0.15) is 39.5 Å². The predicted molar refractivity (Wildman–Crippen MR) is 60.9 cm³/mol. The number of carbonyl (C=O) groups is 2. The predicted octanol–water partition coefficient (Wildman–Crippen LogP) is 1.65. The summed E-state index contributed by atoms with van der Waals surface area (Å²) in [6, 6.07) is 0. The molecule has 1 fully saturated rings. The van der Waals surface area contributed by atoms with Gasteiger partial charge in [0.2, 0.25) is 5.91 Å². The lowest BCUT2D eigenvalue weighted by Crippen LogP contribution is -2.33. The second-order valence-corrected chi connectivity index (χ2v) is 5.04. The Morgan fingerprint density at radius 1 is 1.38 bits per heavy atom. The Labute approximate surface area is 96.4 Å². The minimum Gasteiger partial charge on any atom is -0.481 e. The summed E-state index contributed by atoms with van der Waals surface area (Å²) < 4.78 is 0. The Bertz CT molecular complexity index is 263. The summed E-state index contributed by atoms with van der Waals surface area (Å²) >= 11 is 0. The Hall–Kier alpha value is -1.06. The topological polar surface area (TPSA) is 66.4 Å². The van der Waals surface area contributed by atoms with Crippen LogP contribution in [0.5, 0.6) is 0 Å². The molecule has 0 aliphatic heterocycles. The van der Waals surface area contributed by atoms with Gasteiger partial charge in [0.05, 0.1) is 5.92 Å². The van der Waals surface area contributed by atoms with E-state index in [0.717, 1.165) is 19.3 Å². The van der Waals surface area contributed by atoms with Crippen molar-refractivity contribution in [1.82, 2.24) is 5.32 Å². The van der Waals surface area contributed by atoms with Crippen LogP contribution in [0.4, 0.5) is 0 Å². The van der Waals surface area contributed by atoms with Crippen LogP contribution in [-0.2, 0) is 9.59 Å². The van der Waals surface area contributed by atoms with Gasteiger partial charge < -0.3 is 10.4 Å². The number of carbonyl (C=O) groups excluding carboxylic acids is 1. The van der Waals surface area contributed by atoms with Crippen molar-refractivity contribution in [3.05, 3.63) is 0 Å². The molecule has 0 heterocycles. The third-order valence-electron chi connectivity index (χ3n) is 3.13. The van der Waals surface area contributed by atoms with Gasteiger partial charge in [-0.3, -0.25) is 9.59 Å². The molecule has 1 aliphatic carbocycles. The Morgan fingerprint density at radius 3 is 2.62 bits per heavy atom. The maximum atomic E-state index is 11.4. The number of aliphatic carboxylic acids is 1. The highest BCUT2D eigenvalue weighted by atomic mass is 16.4. The van der Waals surface area contributed by atoms with Crippen molar-refractivity contribution in [3.63, 3.8) is 0 Å². The van der Waals surface area contributed by atoms with Gasteiger partial charge >= 0.3 is 5.97 Å². The standard InChI is InChI=1S/C12H21NO3/c1-8(2)6-11(14)13-7-9-4-3-5-10(9)12(15)16/h8-10H,3-7H2,1-2H3,(H,13,14)(H,15,16). The van der Waals surface area contributed by atoms with Crippen molar-refractivity contribution in [2.75, 3.05) is 6.54 Å². The first-order valence-corrected chi connectivity index (χ1v) is 6.00. The van der Waals surface area contributed by atoms with Crippen LogP contribution in [-0.4, -0.2) is 23.5 Å². The smallest absolute Gasteiger partial charge is 0.306 e. The second-order valence-electron chi connectivity index (χ2n) is 5.04. The van der Waals surface area contributed by atoms with Crippen LogP contribution in [0.3, 0.4) is 0 Å². The lowest BCUT2D eigenvalue weighted by atomic mass is 9.96. The highest BCUT2D eigenvalue weighted by molar-refractivity contribution is 5.76. The molecular formula is C12H21NO3. The zero-order chi connectivity index (χ0) is 12.1. The molecule has 2 unspecified atom stereocenters. The molecule has 2 atom stereocenters. The van der Waals surface area contributed by atoms with Gasteiger partial charge in [-0.2, -0.15) is 0 Å². The lowest BCUT2D eigenvalue weighted by Gasteiger charge is -2.16. The van der Waals surface area contributed by atoms with Gasteiger partial charge in [-0.1, -0.05) is 20.3 Å². The molecule has 1 aliphatic rings. The van der Waals surface area contributed by atoms with E-state index < -0.39 is 5.97 Å². The third kappa shape index (κ3) is 3.83. The Morgan fingerprint density at radius 2 is 2.06 bits per heavy atom. The number of hydrogen-bond acceptors (Lipinski definition) is 2. The van der Waals surface area contributed by atoms with Gasteiger partial charge in [0.25, 0.3) is 0 Å². The first-order chi connectivity index (χ1) is 7.50. The van der Waals surface area contributed by atoms with E-state index >= 15 is 0 Å². The van der Waals surface area contributed by atoms with Crippen LogP contribution in [0.15, 0.2) is 0 Å². The highest BCUT2D eigenvalue weighted by Gasteiger charge is 2.32. The second kappa shape index (κ2) is 5.87. The molecule has 1 rings (SSSR count). The SMILES string of the molecule is CC(C)CC(=O)NCC1CCCC1C(=O)O. The van der Waals surface area contributed by atoms with Crippen LogP contribution in [0, 0.1) is 17.8 Å². The van der Waals surface area contributed by atoms with Gasteiger partial charge in [0.1, 0.15) is 0 Å². The molecule has 2 N–H and O–H groups in total. The molecule has 0 aromatic carbocycles. The molecule has 0 bridgehead atoms. The summed E-state index contributed by atoms with van der Waals surface area (Å²) in [5.41, 5.74) is 0. The fraction of sp³-hybridized carbons (Fsp3) is 0.833. The van der Waals surface area contributed by atoms with E-state index in [-0.39, 0.29) is 17.7 Å². The van der Waals surface area contributed by atoms with Gasteiger partial charge in [-0.15, -0.1) is 0 Å². The van der Waals surface area contributed by atoms with E-state index in [4.69, 9.17) is 5.11 Å². The number of amides is 1. The molecule has 92 valence electrons. The average molecular weight is 227 g/mol. The first-order valence-electron chi connectivity index (χ1n) is 6.00. The summed E-state index contributed by atoms with van der Waals surface area (Å²) in [7, 11) is 0. The molecule has 0 aromatic rings. The number of carboxylic acids is 1. The number of rotatable bonds is 5. The van der Waals surface area contributed by atoms with Crippen molar-refractivity contribution in [2.24, 2.45) is 17.8 Å². The fourth-order valence-electron chi connectivity index (χ4n) is 2.29. The summed E-state index contributed by atoms with van der Waals surface area (Å²) in [6.07, 6.45) is 3.14. The normalized spacial score (nSPS) is 24.7. The average Bonchev–Trinajstić information content (AvgIpc) is 2.61. The molecule has 0 radical (unpaired) electrons. The summed E-state index contributed by atoms with van der Waals surface area (Å²) in [5.74, 6) is -0.488. The first kappa shape index (κ1) is 13.0. The monoisotopic (exact) mass is 227 g/mol. The van der Waals surface area contributed by atoms with Gasteiger partial charge in [-0.25, -0.2) is 0 Å². The summed E-state index contributed by atoms with van der Waals surface area (Å²) in [4.78, 5) is 22.3. The van der Waals surface area contributed by atoms with E-state index in [9.17, 15) is 9.59 Å². The summed E-state index contributed by atoms with van der Waals surface area (Å²) in [5, 5.41) is 11.8. The number of nitrogens with one attached hydrogen (secondary N) is 1. The Kier molecular flexibility index (Phi) is 4.77. The van der Waals surface area contributed by atoms with Crippen molar-refractivity contribution < 1.29 is 14.7 Å². The lowest BCUT2D eigenvalue weighted by molar-refractivity contribution is -0.143.